The van der Waals surface area contributed by atoms with Gasteiger partial charge in [-0.1, -0.05) is 33.1 Å². The van der Waals surface area contributed by atoms with Crippen LogP contribution in [0.4, 0.5) is 0 Å². The van der Waals surface area contributed by atoms with E-state index in [-0.39, 0.29) is 0 Å². The lowest BCUT2D eigenvalue weighted by Crippen LogP contribution is -2.38. The summed E-state index contributed by atoms with van der Waals surface area (Å²) in [6.07, 6.45) is 7.15. The van der Waals surface area contributed by atoms with E-state index in [2.05, 4.69) is 26.2 Å². The van der Waals surface area contributed by atoms with Crippen LogP contribution >= 0.6 is 0 Å². The lowest BCUT2D eigenvalue weighted by Gasteiger charge is -2.31. The molecular formula is C11H23N. The van der Waals surface area contributed by atoms with Gasteiger partial charge in [-0.25, -0.2) is 0 Å². The van der Waals surface area contributed by atoms with Crippen molar-refractivity contribution in [3.8, 4) is 0 Å². The Morgan fingerprint density at radius 3 is 1.83 bits per heavy atom. The Labute approximate surface area is 76.9 Å². The molecule has 1 aliphatic rings. The highest BCUT2D eigenvalue weighted by Crippen LogP contribution is 2.26. The predicted octanol–water partition coefficient (Wildman–Crippen LogP) is 2.81. The molecule has 2 unspecified atom stereocenters. The van der Waals surface area contributed by atoms with Crippen molar-refractivity contribution in [1.82, 2.24) is 5.32 Å². The molecule has 0 aliphatic heterocycles. The Balaban J connectivity index is 2.49. The van der Waals surface area contributed by atoms with Crippen molar-refractivity contribution in [2.75, 3.05) is 7.05 Å². The molecule has 1 aliphatic carbocycles. The Bertz CT molecular complexity index is 110. The highest BCUT2D eigenvalue weighted by Gasteiger charge is 2.22. The summed E-state index contributed by atoms with van der Waals surface area (Å²) in [6, 6.07) is 0.755. The van der Waals surface area contributed by atoms with Gasteiger partial charge in [-0.3, -0.25) is 0 Å². The van der Waals surface area contributed by atoms with Crippen LogP contribution in [0.1, 0.15) is 46.0 Å². The summed E-state index contributed by atoms with van der Waals surface area (Å²) in [5.41, 5.74) is 0. The summed E-state index contributed by atoms with van der Waals surface area (Å²) < 4.78 is 0. The second kappa shape index (κ2) is 4.86. The van der Waals surface area contributed by atoms with Gasteiger partial charge in [0.1, 0.15) is 0 Å². The maximum atomic E-state index is 3.47. The van der Waals surface area contributed by atoms with Gasteiger partial charge in [0.2, 0.25) is 0 Å². The monoisotopic (exact) mass is 169 g/mol. The van der Waals surface area contributed by atoms with Crippen LogP contribution in [-0.4, -0.2) is 13.1 Å². The number of nitrogens with one attached hydrogen (secondary N) is 1. The summed E-state index contributed by atoms with van der Waals surface area (Å²) in [7, 11) is 2.11. The largest absolute Gasteiger partial charge is 0.316 e. The first kappa shape index (κ1) is 10.0. The molecule has 2 atom stereocenters. The van der Waals surface area contributed by atoms with Gasteiger partial charge in [0.15, 0.2) is 0 Å². The fourth-order valence-corrected chi connectivity index (χ4v) is 2.60. The maximum Gasteiger partial charge on any atom is 0.0115 e. The Kier molecular flexibility index (Phi) is 4.07. The van der Waals surface area contributed by atoms with Crippen molar-refractivity contribution >= 4 is 0 Å². The third kappa shape index (κ3) is 2.48. The predicted molar refractivity (Wildman–Crippen MR) is 54.3 cm³/mol. The second-order valence-corrected chi connectivity index (χ2v) is 4.41. The quantitative estimate of drug-likeness (QED) is 0.636. The Morgan fingerprint density at radius 1 is 0.917 bits per heavy atom. The van der Waals surface area contributed by atoms with E-state index in [9.17, 15) is 0 Å². The minimum atomic E-state index is 0.755. The molecule has 0 radical (unpaired) electrons. The van der Waals surface area contributed by atoms with Crippen molar-refractivity contribution in [2.24, 2.45) is 11.8 Å². The van der Waals surface area contributed by atoms with Crippen molar-refractivity contribution < 1.29 is 0 Å². The van der Waals surface area contributed by atoms with Crippen LogP contribution in [0.25, 0.3) is 0 Å². The Morgan fingerprint density at radius 2 is 1.42 bits per heavy atom. The van der Waals surface area contributed by atoms with Gasteiger partial charge in [-0.2, -0.15) is 0 Å². The van der Waals surface area contributed by atoms with Crippen LogP contribution in [0.15, 0.2) is 0 Å². The molecule has 1 nitrogen and oxygen atoms in total. The van der Waals surface area contributed by atoms with Crippen LogP contribution in [0.5, 0.6) is 0 Å². The summed E-state index contributed by atoms with van der Waals surface area (Å²) in [5, 5.41) is 3.47. The molecule has 12 heavy (non-hydrogen) atoms. The molecule has 0 bridgehead atoms. The molecule has 1 N–H and O–H groups in total. The molecule has 1 saturated carbocycles. The molecule has 0 aromatic carbocycles. The number of rotatable bonds is 1. The first-order valence-corrected chi connectivity index (χ1v) is 5.43. The lowest BCUT2D eigenvalue weighted by molar-refractivity contribution is 0.246. The zero-order valence-electron chi connectivity index (χ0n) is 8.77. The van der Waals surface area contributed by atoms with E-state index in [4.69, 9.17) is 0 Å². The standard InChI is InChI=1S/C11H23N/c1-9-7-5-4-6-8-10(2)11(9)12-3/h9-12H,4-8H2,1-3H3. The molecule has 72 valence electrons. The summed E-state index contributed by atoms with van der Waals surface area (Å²) >= 11 is 0. The van der Waals surface area contributed by atoms with E-state index in [0.29, 0.717) is 0 Å². The average Bonchev–Trinajstić information content (AvgIpc) is 2.02. The van der Waals surface area contributed by atoms with Crippen LogP contribution in [0.3, 0.4) is 0 Å². The highest BCUT2D eigenvalue weighted by atomic mass is 14.9. The molecular weight excluding hydrogens is 146 g/mol. The van der Waals surface area contributed by atoms with E-state index < -0.39 is 0 Å². The van der Waals surface area contributed by atoms with Gasteiger partial charge < -0.3 is 5.32 Å². The zero-order valence-corrected chi connectivity index (χ0v) is 8.77. The number of hydrogen-bond donors (Lipinski definition) is 1. The Hall–Kier alpha value is -0.0400. The van der Waals surface area contributed by atoms with Crippen LogP contribution in [-0.2, 0) is 0 Å². The van der Waals surface area contributed by atoms with E-state index in [0.717, 1.165) is 17.9 Å². The van der Waals surface area contributed by atoms with Crippen molar-refractivity contribution in [2.45, 2.75) is 52.0 Å². The van der Waals surface area contributed by atoms with E-state index in [1.165, 1.54) is 32.1 Å². The molecule has 1 rings (SSSR count). The van der Waals surface area contributed by atoms with E-state index in [1.54, 1.807) is 0 Å². The highest BCUT2D eigenvalue weighted by molar-refractivity contribution is 4.79. The normalized spacial score (nSPS) is 38.8. The van der Waals surface area contributed by atoms with Crippen LogP contribution < -0.4 is 5.32 Å². The molecule has 0 aromatic heterocycles. The molecule has 1 fully saturated rings. The third-order valence-electron chi connectivity index (χ3n) is 3.38. The van der Waals surface area contributed by atoms with Crippen molar-refractivity contribution in [3.05, 3.63) is 0 Å². The minimum Gasteiger partial charge on any atom is -0.316 e. The molecule has 0 amide bonds. The first-order valence-electron chi connectivity index (χ1n) is 5.43. The van der Waals surface area contributed by atoms with Gasteiger partial charge in [-0.05, 0) is 31.7 Å². The van der Waals surface area contributed by atoms with E-state index >= 15 is 0 Å². The summed E-state index contributed by atoms with van der Waals surface area (Å²) in [6.45, 7) is 4.78. The molecule has 0 saturated heterocycles. The van der Waals surface area contributed by atoms with Gasteiger partial charge in [0.25, 0.3) is 0 Å². The van der Waals surface area contributed by atoms with Crippen LogP contribution in [0, 0.1) is 11.8 Å². The molecule has 0 heterocycles. The van der Waals surface area contributed by atoms with Gasteiger partial charge >= 0.3 is 0 Å². The third-order valence-corrected chi connectivity index (χ3v) is 3.38. The van der Waals surface area contributed by atoms with Crippen molar-refractivity contribution in [3.63, 3.8) is 0 Å². The second-order valence-electron chi connectivity index (χ2n) is 4.41. The van der Waals surface area contributed by atoms with Gasteiger partial charge in [-0.15, -0.1) is 0 Å². The summed E-state index contributed by atoms with van der Waals surface area (Å²) in [4.78, 5) is 0. The van der Waals surface area contributed by atoms with Gasteiger partial charge in [0, 0.05) is 6.04 Å². The van der Waals surface area contributed by atoms with Crippen molar-refractivity contribution in [1.29, 1.82) is 0 Å². The fraction of sp³-hybridized carbons (Fsp3) is 1.00. The average molecular weight is 169 g/mol. The molecule has 0 spiro atoms. The van der Waals surface area contributed by atoms with Gasteiger partial charge in [0.05, 0.1) is 0 Å². The summed E-state index contributed by atoms with van der Waals surface area (Å²) in [5.74, 6) is 1.73. The zero-order chi connectivity index (χ0) is 8.97. The van der Waals surface area contributed by atoms with Crippen LogP contribution in [0.2, 0.25) is 0 Å². The molecule has 0 aromatic rings. The number of hydrogen-bond acceptors (Lipinski definition) is 1. The molecule has 1 heteroatoms. The first-order chi connectivity index (χ1) is 5.75. The van der Waals surface area contributed by atoms with E-state index in [1.807, 2.05) is 0 Å². The maximum absolute atomic E-state index is 3.47. The fourth-order valence-electron chi connectivity index (χ4n) is 2.60. The minimum absolute atomic E-state index is 0.755. The topological polar surface area (TPSA) is 12.0 Å². The smallest absolute Gasteiger partial charge is 0.0115 e. The SMILES string of the molecule is CNC1C(C)CCCCCC1C. The lowest BCUT2D eigenvalue weighted by atomic mass is 9.82.